The Balaban J connectivity index is 1.53. The summed E-state index contributed by atoms with van der Waals surface area (Å²) in [5, 5.41) is 12.1. The van der Waals surface area contributed by atoms with Crippen LogP contribution in [0.25, 0.3) is 5.69 Å². The Bertz CT molecular complexity index is 1620. The Labute approximate surface area is 236 Å². The van der Waals surface area contributed by atoms with Crippen molar-refractivity contribution in [3.05, 3.63) is 108 Å². The highest BCUT2D eigenvalue weighted by Gasteiger charge is 2.19. The number of ether oxygens (including phenoxy) is 2. The number of halogens is 2. The molecule has 212 valence electrons. The molecule has 0 saturated heterocycles. The Morgan fingerprint density at radius 2 is 1.68 bits per heavy atom. The van der Waals surface area contributed by atoms with Crippen molar-refractivity contribution in [2.45, 2.75) is 37.5 Å². The number of benzene rings is 3. The first-order chi connectivity index (χ1) is 19.7. The van der Waals surface area contributed by atoms with Crippen LogP contribution in [0.15, 0.2) is 96.0 Å². The molecule has 1 atom stereocenters. The van der Waals surface area contributed by atoms with Gasteiger partial charge in [0.05, 0.1) is 47.7 Å². The van der Waals surface area contributed by atoms with Gasteiger partial charge in [0.1, 0.15) is 11.5 Å². The number of hydrogen-bond acceptors (Lipinski definition) is 6. The second-order valence-electron chi connectivity index (χ2n) is 8.93. The van der Waals surface area contributed by atoms with Gasteiger partial charge in [-0.05, 0) is 54.1 Å². The van der Waals surface area contributed by atoms with Gasteiger partial charge in [0.2, 0.25) is 0 Å². The van der Waals surface area contributed by atoms with Gasteiger partial charge in [-0.25, -0.2) is 8.42 Å². The predicted octanol–water partition coefficient (Wildman–Crippen LogP) is 6.19. The molecule has 1 amide bonds. The third kappa shape index (κ3) is 7.57. The largest absolute Gasteiger partial charge is 0.456 e. The Morgan fingerprint density at radius 3 is 2.29 bits per heavy atom. The summed E-state index contributed by atoms with van der Waals surface area (Å²) in [5.74, 6) is 0.518. The van der Waals surface area contributed by atoms with Crippen LogP contribution in [0, 0.1) is 11.3 Å². The monoisotopic (exact) mass is 579 g/mol. The molecule has 0 aliphatic heterocycles. The summed E-state index contributed by atoms with van der Waals surface area (Å²) in [5.41, 5.74) is 1.89. The van der Waals surface area contributed by atoms with Crippen LogP contribution in [0.2, 0.25) is 0 Å². The number of carbonyl (C=O) groups is 1. The maximum atomic E-state index is 13.0. The molecule has 41 heavy (non-hydrogen) atoms. The van der Waals surface area contributed by atoms with Crippen LogP contribution in [0.4, 0.5) is 8.78 Å². The van der Waals surface area contributed by atoms with Gasteiger partial charge in [0.15, 0.2) is 9.84 Å². The van der Waals surface area contributed by atoms with E-state index in [1.807, 2.05) is 24.3 Å². The molecule has 0 unspecified atom stereocenters. The van der Waals surface area contributed by atoms with Crippen LogP contribution < -0.4 is 10.1 Å². The van der Waals surface area contributed by atoms with Crippen molar-refractivity contribution in [1.29, 1.82) is 5.26 Å². The van der Waals surface area contributed by atoms with Crippen molar-refractivity contribution in [1.82, 2.24) is 9.88 Å². The smallest absolute Gasteiger partial charge is 0.345 e. The van der Waals surface area contributed by atoms with Crippen LogP contribution in [-0.4, -0.2) is 31.3 Å². The summed E-state index contributed by atoms with van der Waals surface area (Å²) < 4.78 is 61.7. The minimum atomic E-state index is -3.38. The molecule has 0 radical (unpaired) electrons. The molecule has 0 aliphatic carbocycles. The second-order valence-corrected chi connectivity index (χ2v) is 11.2. The molecule has 0 spiro atoms. The zero-order valence-corrected chi connectivity index (χ0v) is 22.9. The number of nitrogens with zero attached hydrogens (tertiary/aromatic N) is 2. The minimum absolute atomic E-state index is 0.0231. The van der Waals surface area contributed by atoms with Gasteiger partial charge < -0.3 is 19.4 Å². The van der Waals surface area contributed by atoms with E-state index in [4.69, 9.17) is 4.74 Å². The second kappa shape index (κ2) is 13.2. The van der Waals surface area contributed by atoms with E-state index in [0.29, 0.717) is 34.0 Å². The zero-order chi connectivity index (χ0) is 29.4. The molecule has 1 N–H and O–H groups in total. The number of para-hydroxylation sites is 1. The van der Waals surface area contributed by atoms with Gasteiger partial charge in [-0.2, -0.15) is 14.0 Å². The van der Waals surface area contributed by atoms with Crippen molar-refractivity contribution < 1.29 is 31.5 Å². The first kappa shape index (κ1) is 29.5. The number of nitrogens with one attached hydrogen (secondary N) is 1. The van der Waals surface area contributed by atoms with Crippen molar-refractivity contribution in [3.63, 3.8) is 0 Å². The molecule has 0 aliphatic rings. The van der Waals surface area contributed by atoms with Gasteiger partial charge >= 0.3 is 6.61 Å². The Kier molecular flexibility index (Phi) is 9.49. The van der Waals surface area contributed by atoms with Crippen LogP contribution >= 0.6 is 0 Å². The third-order valence-electron chi connectivity index (χ3n) is 6.24. The summed E-state index contributed by atoms with van der Waals surface area (Å²) >= 11 is 0. The van der Waals surface area contributed by atoms with Crippen molar-refractivity contribution in [3.8, 4) is 23.3 Å². The topological polar surface area (TPSA) is 110 Å². The van der Waals surface area contributed by atoms with E-state index < -0.39 is 28.4 Å². The molecule has 4 rings (SSSR count). The first-order valence-electron chi connectivity index (χ1n) is 12.6. The van der Waals surface area contributed by atoms with E-state index >= 15 is 0 Å². The lowest BCUT2D eigenvalue weighted by Crippen LogP contribution is -2.28. The highest BCUT2D eigenvalue weighted by molar-refractivity contribution is 7.91. The fourth-order valence-electron chi connectivity index (χ4n) is 4.09. The molecule has 8 nitrogen and oxygen atoms in total. The van der Waals surface area contributed by atoms with Crippen molar-refractivity contribution in [2.24, 2.45) is 0 Å². The Hall–Kier alpha value is -4.53. The zero-order valence-electron chi connectivity index (χ0n) is 22.0. The van der Waals surface area contributed by atoms with E-state index in [-0.39, 0.29) is 23.7 Å². The van der Waals surface area contributed by atoms with E-state index in [1.54, 1.807) is 72.3 Å². The van der Waals surface area contributed by atoms with E-state index in [0.717, 1.165) is 0 Å². The SMILES string of the molecule is CCS(=O)(=O)c1ccc([C@H](CC#N)NC(=O)c2ccc(-n3cc(Oc4ccccc4)cc3COC(F)F)cc2)cc1. The van der Waals surface area contributed by atoms with E-state index in [9.17, 15) is 27.3 Å². The quantitative estimate of drug-likeness (QED) is 0.214. The fraction of sp³-hybridized carbons (Fsp3) is 0.200. The lowest BCUT2D eigenvalue weighted by Gasteiger charge is -2.17. The number of amides is 1. The lowest BCUT2D eigenvalue weighted by atomic mass is 10.0. The summed E-state index contributed by atoms with van der Waals surface area (Å²) in [6.45, 7) is -1.76. The number of alkyl halides is 2. The number of nitriles is 1. The lowest BCUT2D eigenvalue weighted by molar-refractivity contribution is -0.138. The first-order valence-corrected chi connectivity index (χ1v) is 14.3. The van der Waals surface area contributed by atoms with Crippen LogP contribution in [0.5, 0.6) is 11.5 Å². The number of sulfone groups is 1. The van der Waals surface area contributed by atoms with E-state index in [2.05, 4.69) is 10.1 Å². The predicted molar refractivity (Wildman–Crippen MR) is 148 cm³/mol. The highest BCUT2D eigenvalue weighted by Crippen LogP contribution is 2.27. The van der Waals surface area contributed by atoms with Crippen LogP contribution in [0.3, 0.4) is 0 Å². The summed E-state index contributed by atoms with van der Waals surface area (Å²) in [6.07, 6.45) is 1.61. The molecular weight excluding hydrogens is 552 g/mol. The maximum Gasteiger partial charge on any atom is 0.345 e. The molecule has 3 aromatic carbocycles. The average molecular weight is 580 g/mol. The number of rotatable bonds is 12. The normalized spacial score (nSPS) is 12.1. The minimum Gasteiger partial charge on any atom is -0.456 e. The molecule has 4 aromatic rings. The van der Waals surface area contributed by atoms with E-state index in [1.165, 1.54) is 12.1 Å². The third-order valence-corrected chi connectivity index (χ3v) is 7.99. The summed E-state index contributed by atoms with van der Waals surface area (Å²) in [7, 11) is -3.38. The molecular formula is C30H27F2N3O5S. The standard InChI is InChI=1S/C30H27F2N3O5S/c1-2-41(37,38)27-14-10-21(11-15-27)28(16-17-33)34-29(36)22-8-12-23(13-9-22)35-19-26(18-24(35)20-39-30(31)32)40-25-6-4-3-5-7-25/h3-15,18-19,28,30H,2,16,20H2,1H3,(H,34,36)/t28-/m0/s1. The molecule has 0 fully saturated rings. The summed E-state index contributed by atoms with van der Waals surface area (Å²) in [6, 6.07) is 24.5. The number of aromatic nitrogens is 1. The Morgan fingerprint density at radius 1 is 1.00 bits per heavy atom. The van der Waals surface area contributed by atoms with Gasteiger partial charge in [-0.3, -0.25) is 4.79 Å². The molecule has 1 heterocycles. The van der Waals surface area contributed by atoms with Crippen LogP contribution in [0.1, 0.15) is 41.0 Å². The van der Waals surface area contributed by atoms with Gasteiger partial charge in [0.25, 0.3) is 5.91 Å². The van der Waals surface area contributed by atoms with Crippen molar-refractivity contribution >= 4 is 15.7 Å². The van der Waals surface area contributed by atoms with Crippen molar-refractivity contribution in [2.75, 3.05) is 5.75 Å². The van der Waals surface area contributed by atoms with Gasteiger partial charge in [-0.15, -0.1) is 0 Å². The highest BCUT2D eigenvalue weighted by atomic mass is 32.2. The number of hydrogen-bond donors (Lipinski definition) is 1. The van der Waals surface area contributed by atoms with Gasteiger partial charge in [-0.1, -0.05) is 37.3 Å². The average Bonchev–Trinajstić information content (AvgIpc) is 3.38. The molecule has 1 aromatic heterocycles. The molecule has 0 bridgehead atoms. The fourth-order valence-corrected chi connectivity index (χ4v) is 4.98. The summed E-state index contributed by atoms with van der Waals surface area (Å²) in [4.78, 5) is 13.2. The van der Waals surface area contributed by atoms with Crippen LogP contribution in [-0.2, 0) is 21.2 Å². The molecule has 0 saturated carbocycles. The number of carbonyl (C=O) groups excluding carboxylic acids is 1. The maximum absolute atomic E-state index is 13.0. The molecule has 11 heteroatoms. The van der Waals surface area contributed by atoms with Gasteiger partial charge in [0, 0.05) is 17.3 Å².